The van der Waals surface area contributed by atoms with Crippen LogP contribution >= 0.6 is 0 Å². The van der Waals surface area contributed by atoms with Crippen LogP contribution in [0.5, 0.6) is 0 Å². The van der Waals surface area contributed by atoms with Crippen molar-refractivity contribution in [3.05, 3.63) is 0 Å². The average Bonchev–Trinajstić information content (AvgIpc) is 3.39. The second-order valence-electron chi connectivity index (χ2n) is 18.6. The van der Waals surface area contributed by atoms with Gasteiger partial charge in [0.25, 0.3) is 0 Å². The number of carboxylic acid groups (broad SMARTS) is 3. The van der Waals surface area contributed by atoms with E-state index in [4.69, 9.17) is 45.9 Å². The Morgan fingerprint density at radius 1 is 0.420 bits per heavy atom. The van der Waals surface area contributed by atoms with Crippen molar-refractivity contribution in [1.82, 2.24) is 42.5 Å². The van der Waals surface area contributed by atoms with E-state index in [0.717, 1.165) is 6.92 Å². The molecule has 10 atom stereocenters. The molecule has 460 valence electrons. The number of hydrogen-bond donors (Lipinski definition) is 21. The predicted octanol–water partition coefficient (Wildman–Crippen LogP) is -8.99. The largest absolute Gasteiger partial charge is 0.481 e. The van der Waals surface area contributed by atoms with E-state index in [1.54, 1.807) is 0 Å². The van der Waals surface area contributed by atoms with E-state index in [-0.39, 0.29) is 89.5 Å². The standard InChI is InChI=1S/C46H84N18O17/c1-23(66)35(64-36(72)24(49)22-65)43(79)62-27(10-6-20-55-45(51)52)39(75)57-25(8-2-4-18-47)38(74)60-30(14-17-34(70)71)41(77)61-29(13-16-33(68)69)40(76)58-26(9-3-5-19-48)37(73)59-28(12-15-32(50)67)42(78)63-31(44(80)81)11-7-21-56-46(53)54/h23-31,35,65-66H,2-22,47-49H2,1H3,(H2,50,67)(H,57,75)(H,58,76)(H,59,73)(H,60,74)(H,61,77)(H,62,79)(H,63,78)(H,64,72)(H,68,69)(H,70,71)(H,80,81)(H4,51,52,55)(H4,53,54,56)/t23-,24+,25+,26+,27+,28+,29+,30+,31+,35+/m1/s1. The lowest BCUT2D eigenvalue weighted by Gasteiger charge is -2.28. The van der Waals surface area contributed by atoms with Gasteiger partial charge in [-0.3, -0.25) is 62.7 Å². The van der Waals surface area contributed by atoms with E-state index in [0.29, 0.717) is 12.8 Å². The third kappa shape index (κ3) is 32.0. The number of primary amides is 1. The molecular weight excluding hydrogens is 1080 g/mol. The molecule has 81 heavy (non-hydrogen) atoms. The Morgan fingerprint density at radius 3 is 1.02 bits per heavy atom. The predicted molar refractivity (Wildman–Crippen MR) is 288 cm³/mol. The minimum atomic E-state index is -1.83. The van der Waals surface area contributed by atoms with Crippen LogP contribution < -0.4 is 88.4 Å². The van der Waals surface area contributed by atoms with Gasteiger partial charge < -0.3 is 114 Å². The number of unbranched alkanes of at least 4 members (excludes halogenated alkanes) is 2. The number of guanidine groups is 2. The molecule has 0 heterocycles. The molecule has 0 aliphatic carbocycles. The molecule has 0 fully saturated rings. The number of carbonyl (C=O) groups excluding carboxylic acids is 9. The Labute approximate surface area is 466 Å². The Hall–Kier alpha value is -8.02. The SMILES string of the molecule is C[C@@H](O)[C@H](NC(=O)[C@@H](N)CO)C(=O)N[C@@H](CCCN=C(N)N)C(=O)N[C@@H](CCCCN)C(=O)N[C@@H](CCC(=O)O)C(=O)N[C@@H](CCC(=O)O)C(=O)N[C@@H](CCCCN)C(=O)N[C@@H](CCC(N)=O)C(=O)N[C@@H](CCCN=C(N)N)C(=O)O. The summed E-state index contributed by atoms with van der Waals surface area (Å²) in [7, 11) is 0. The van der Waals surface area contributed by atoms with Gasteiger partial charge in [-0.1, -0.05) is 0 Å². The van der Waals surface area contributed by atoms with Crippen LogP contribution in [0.25, 0.3) is 0 Å². The summed E-state index contributed by atoms with van der Waals surface area (Å²) >= 11 is 0. The summed E-state index contributed by atoms with van der Waals surface area (Å²) in [6, 6.07) is -14.7. The molecular formula is C46H84N18O17. The fourth-order valence-electron chi connectivity index (χ4n) is 7.33. The molecule has 0 aliphatic rings. The number of aliphatic hydroxyl groups excluding tert-OH is 2. The zero-order valence-electron chi connectivity index (χ0n) is 45.3. The second-order valence-corrected chi connectivity index (χ2v) is 18.6. The number of nitrogens with two attached hydrogens (primary N) is 8. The molecule has 9 amide bonds. The van der Waals surface area contributed by atoms with Gasteiger partial charge in [0.05, 0.1) is 12.7 Å². The number of carboxylic acids is 3. The number of nitrogens with zero attached hydrogens (tertiary/aromatic N) is 2. The lowest BCUT2D eigenvalue weighted by molar-refractivity contribution is -0.143. The highest BCUT2D eigenvalue weighted by Crippen LogP contribution is 2.11. The molecule has 0 saturated heterocycles. The summed E-state index contributed by atoms with van der Waals surface area (Å²) < 4.78 is 0. The van der Waals surface area contributed by atoms with Crippen LogP contribution in [-0.2, 0) is 57.5 Å². The fraction of sp³-hybridized carbons (Fsp3) is 0.696. The van der Waals surface area contributed by atoms with Crippen LogP contribution in [0, 0.1) is 0 Å². The van der Waals surface area contributed by atoms with E-state index >= 15 is 0 Å². The fourth-order valence-corrected chi connectivity index (χ4v) is 7.33. The lowest BCUT2D eigenvalue weighted by atomic mass is 10.0. The summed E-state index contributed by atoms with van der Waals surface area (Å²) in [6.45, 7) is 0.516. The van der Waals surface area contributed by atoms with Crippen LogP contribution in [0.1, 0.15) is 110 Å². The summed E-state index contributed by atoms with van der Waals surface area (Å²) in [4.78, 5) is 165. The molecule has 35 nitrogen and oxygen atoms in total. The van der Waals surface area contributed by atoms with Crippen molar-refractivity contribution in [1.29, 1.82) is 0 Å². The molecule has 0 spiro atoms. The van der Waals surface area contributed by atoms with Crippen molar-refractivity contribution in [3.63, 3.8) is 0 Å². The molecule has 0 aromatic rings. The number of nitrogens with one attached hydrogen (secondary N) is 8. The van der Waals surface area contributed by atoms with Crippen molar-refractivity contribution >= 4 is 83.0 Å². The van der Waals surface area contributed by atoms with Gasteiger partial charge in [-0.2, -0.15) is 0 Å². The third-order valence-electron chi connectivity index (χ3n) is 11.8. The topological polar surface area (TPSA) is 635 Å². The number of amides is 9. The number of rotatable bonds is 44. The Kier molecular flexibility index (Phi) is 36.2. The molecule has 35 heteroatoms. The minimum absolute atomic E-state index is 0.00858. The molecule has 29 N–H and O–H groups in total. The van der Waals surface area contributed by atoms with Gasteiger partial charge in [0.15, 0.2) is 11.9 Å². The number of aliphatic imine (C=N–C) groups is 2. The van der Waals surface area contributed by atoms with E-state index in [1.807, 2.05) is 0 Å². The van der Waals surface area contributed by atoms with Crippen LogP contribution in [0.3, 0.4) is 0 Å². The van der Waals surface area contributed by atoms with E-state index < -0.39 is 177 Å². The van der Waals surface area contributed by atoms with E-state index in [2.05, 4.69) is 52.5 Å². The minimum Gasteiger partial charge on any atom is -0.481 e. The van der Waals surface area contributed by atoms with Crippen LogP contribution in [0.15, 0.2) is 9.98 Å². The van der Waals surface area contributed by atoms with Crippen molar-refractivity contribution in [2.24, 2.45) is 55.9 Å². The molecule has 0 rings (SSSR count). The molecule has 0 bridgehead atoms. The van der Waals surface area contributed by atoms with Gasteiger partial charge in [0, 0.05) is 32.4 Å². The lowest BCUT2D eigenvalue weighted by Crippen LogP contribution is -2.61. The molecule has 0 unspecified atom stereocenters. The Balaban J connectivity index is 7.05. The third-order valence-corrected chi connectivity index (χ3v) is 11.8. The zero-order valence-corrected chi connectivity index (χ0v) is 45.3. The van der Waals surface area contributed by atoms with Crippen molar-refractivity contribution in [2.75, 3.05) is 32.8 Å². The first-order chi connectivity index (χ1) is 38.1. The first kappa shape index (κ1) is 73.0. The zero-order chi connectivity index (χ0) is 61.8. The number of carbonyl (C=O) groups is 12. The van der Waals surface area contributed by atoms with Gasteiger partial charge in [0.1, 0.15) is 54.4 Å². The highest BCUT2D eigenvalue weighted by molar-refractivity contribution is 5.98. The van der Waals surface area contributed by atoms with Crippen molar-refractivity contribution in [3.8, 4) is 0 Å². The van der Waals surface area contributed by atoms with Gasteiger partial charge >= 0.3 is 17.9 Å². The maximum absolute atomic E-state index is 14.2. The Morgan fingerprint density at radius 2 is 0.728 bits per heavy atom. The summed E-state index contributed by atoms with van der Waals surface area (Å²) in [5, 5.41) is 67.4. The molecule has 0 saturated carbocycles. The summed E-state index contributed by atoms with van der Waals surface area (Å²) in [6.07, 6.45) is -5.07. The highest BCUT2D eigenvalue weighted by atomic mass is 16.4. The van der Waals surface area contributed by atoms with Gasteiger partial charge in [-0.05, 0) is 103 Å². The highest BCUT2D eigenvalue weighted by Gasteiger charge is 2.36. The first-order valence-electron chi connectivity index (χ1n) is 26.0. The number of aliphatic carboxylic acids is 3. The normalized spacial score (nSPS) is 14.6. The monoisotopic (exact) mass is 1160 g/mol. The second kappa shape index (κ2) is 40.2. The molecule has 0 aromatic carbocycles. The van der Waals surface area contributed by atoms with E-state index in [1.165, 1.54) is 0 Å². The van der Waals surface area contributed by atoms with Gasteiger partial charge in [-0.25, -0.2) is 4.79 Å². The van der Waals surface area contributed by atoms with Crippen LogP contribution in [0.2, 0.25) is 0 Å². The number of hydrogen-bond acceptors (Lipinski definition) is 19. The van der Waals surface area contributed by atoms with E-state index in [9.17, 15) is 83.1 Å². The quantitative estimate of drug-likeness (QED) is 0.0153. The average molecular weight is 1160 g/mol. The summed E-state index contributed by atoms with van der Waals surface area (Å²) in [5.74, 6) is -14.6. The molecule has 0 aliphatic heterocycles. The maximum Gasteiger partial charge on any atom is 0.326 e. The maximum atomic E-state index is 14.2. The van der Waals surface area contributed by atoms with Gasteiger partial charge in [0.2, 0.25) is 53.2 Å². The van der Waals surface area contributed by atoms with Crippen LogP contribution in [0.4, 0.5) is 0 Å². The Bertz CT molecular complexity index is 2160. The molecule has 0 radical (unpaired) electrons. The van der Waals surface area contributed by atoms with Crippen molar-refractivity contribution in [2.45, 2.75) is 170 Å². The smallest absolute Gasteiger partial charge is 0.326 e. The first-order valence-corrected chi connectivity index (χ1v) is 26.0. The molecule has 0 aromatic heterocycles. The summed E-state index contributed by atoms with van der Waals surface area (Å²) in [5.41, 5.74) is 43.7. The van der Waals surface area contributed by atoms with Gasteiger partial charge in [-0.15, -0.1) is 0 Å². The van der Waals surface area contributed by atoms with Crippen LogP contribution in [-0.4, -0.2) is 202 Å². The number of aliphatic hydroxyl groups is 2. The van der Waals surface area contributed by atoms with Crippen molar-refractivity contribution < 1.29 is 83.1 Å².